The van der Waals surface area contributed by atoms with Crippen LogP contribution in [0.5, 0.6) is 0 Å². The standard InChI is InChI=1S/C21H23BrClN3O3S/c1-2-21(27)26-8-7-15-13-16(22)20(14-19(15)26)30(28,29)25-11-9-24(10-12-25)18-6-4-3-5-17(18)23/h3-6,13-14H,2,7-12H2,1H3. The molecule has 0 radical (unpaired) electrons. The number of amides is 1. The SMILES string of the molecule is CCC(=O)N1CCc2cc(Br)c(S(=O)(=O)N3CCN(c4ccccc4Cl)CC3)cc21. The predicted molar refractivity (Wildman–Crippen MR) is 123 cm³/mol. The molecule has 0 unspecified atom stereocenters. The summed E-state index contributed by atoms with van der Waals surface area (Å²) in [5.41, 5.74) is 2.62. The normalized spacial score (nSPS) is 17.3. The Labute approximate surface area is 190 Å². The van der Waals surface area contributed by atoms with E-state index >= 15 is 0 Å². The van der Waals surface area contributed by atoms with Crippen molar-refractivity contribution < 1.29 is 13.2 Å². The second kappa shape index (κ2) is 8.49. The second-order valence-electron chi connectivity index (χ2n) is 7.40. The first-order chi connectivity index (χ1) is 14.3. The van der Waals surface area contributed by atoms with Crippen molar-refractivity contribution in [3.63, 3.8) is 0 Å². The van der Waals surface area contributed by atoms with E-state index in [1.807, 2.05) is 37.3 Å². The fourth-order valence-corrected chi connectivity index (χ4v) is 6.80. The van der Waals surface area contributed by atoms with Gasteiger partial charge in [-0.05, 0) is 52.2 Å². The third-order valence-electron chi connectivity index (χ3n) is 5.68. The highest BCUT2D eigenvalue weighted by Crippen LogP contribution is 2.37. The number of nitrogens with zero attached hydrogens (tertiary/aromatic N) is 3. The van der Waals surface area contributed by atoms with Gasteiger partial charge in [0.2, 0.25) is 15.9 Å². The number of fused-ring (bicyclic) bond motifs is 1. The van der Waals surface area contributed by atoms with Crippen molar-refractivity contribution in [1.29, 1.82) is 0 Å². The van der Waals surface area contributed by atoms with Crippen LogP contribution in [-0.4, -0.2) is 51.4 Å². The molecule has 2 heterocycles. The Morgan fingerprint density at radius 3 is 2.43 bits per heavy atom. The summed E-state index contributed by atoms with van der Waals surface area (Å²) < 4.78 is 28.9. The van der Waals surface area contributed by atoms with E-state index in [2.05, 4.69) is 20.8 Å². The van der Waals surface area contributed by atoms with Crippen molar-refractivity contribution in [2.75, 3.05) is 42.5 Å². The van der Waals surface area contributed by atoms with Crippen molar-refractivity contribution in [3.8, 4) is 0 Å². The van der Waals surface area contributed by atoms with Crippen molar-refractivity contribution in [2.24, 2.45) is 0 Å². The van der Waals surface area contributed by atoms with Gasteiger partial charge in [-0.3, -0.25) is 4.79 Å². The third-order valence-corrected chi connectivity index (χ3v) is 8.86. The van der Waals surface area contributed by atoms with Gasteiger partial charge in [0, 0.05) is 49.3 Å². The van der Waals surface area contributed by atoms with Crippen LogP contribution < -0.4 is 9.80 Å². The first kappa shape index (κ1) is 21.6. The number of carbonyl (C=O) groups is 1. The minimum atomic E-state index is -3.70. The van der Waals surface area contributed by atoms with Crippen LogP contribution in [0.25, 0.3) is 0 Å². The number of para-hydroxylation sites is 1. The van der Waals surface area contributed by atoms with Gasteiger partial charge in [0.25, 0.3) is 0 Å². The quantitative estimate of drug-likeness (QED) is 0.623. The number of rotatable bonds is 4. The zero-order chi connectivity index (χ0) is 21.5. The molecule has 0 bridgehead atoms. The van der Waals surface area contributed by atoms with Crippen LogP contribution in [0.3, 0.4) is 0 Å². The molecule has 2 aliphatic rings. The van der Waals surface area contributed by atoms with E-state index in [4.69, 9.17) is 11.6 Å². The molecule has 0 N–H and O–H groups in total. The molecule has 2 aromatic rings. The molecule has 2 aliphatic heterocycles. The summed E-state index contributed by atoms with van der Waals surface area (Å²) in [6.45, 7) is 4.27. The van der Waals surface area contributed by atoms with E-state index < -0.39 is 10.0 Å². The van der Waals surface area contributed by atoms with Crippen LogP contribution in [0.4, 0.5) is 11.4 Å². The van der Waals surface area contributed by atoms with Crippen molar-refractivity contribution in [3.05, 3.63) is 51.5 Å². The number of hydrogen-bond donors (Lipinski definition) is 0. The molecule has 0 aromatic heterocycles. The number of benzene rings is 2. The number of piperazine rings is 1. The summed E-state index contributed by atoms with van der Waals surface area (Å²) in [4.78, 5) is 16.3. The van der Waals surface area contributed by atoms with Gasteiger partial charge >= 0.3 is 0 Å². The molecule has 2 aromatic carbocycles. The van der Waals surface area contributed by atoms with E-state index in [0.717, 1.165) is 17.7 Å². The molecule has 9 heteroatoms. The molecule has 0 saturated carbocycles. The zero-order valence-corrected chi connectivity index (χ0v) is 19.8. The molecule has 6 nitrogen and oxygen atoms in total. The van der Waals surface area contributed by atoms with Gasteiger partial charge in [-0.2, -0.15) is 4.31 Å². The highest BCUT2D eigenvalue weighted by atomic mass is 79.9. The van der Waals surface area contributed by atoms with Crippen molar-refractivity contribution >= 4 is 54.8 Å². The average Bonchev–Trinajstić information content (AvgIpc) is 3.15. The minimum Gasteiger partial charge on any atom is -0.368 e. The minimum absolute atomic E-state index is 0.00720. The van der Waals surface area contributed by atoms with Crippen LogP contribution in [-0.2, 0) is 21.2 Å². The molecule has 160 valence electrons. The van der Waals surface area contributed by atoms with Crippen molar-refractivity contribution in [2.45, 2.75) is 24.7 Å². The molecule has 4 rings (SSSR count). The van der Waals surface area contributed by atoms with E-state index in [0.29, 0.717) is 54.3 Å². The molecular formula is C21H23BrClN3O3S. The maximum atomic E-state index is 13.4. The molecule has 1 fully saturated rings. The maximum absolute atomic E-state index is 13.4. The summed E-state index contributed by atoms with van der Waals surface area (Å²) in [5, 5.41) is 0.663. The molecule has 1 saturated heterocycles. The Hall–Kier alpha value is -1.61. The summed E-state index contributed by atoms with van der Waals surface area (Å²) in [6, 6.07) is 11.1. The summed E-state index contributed by atoms with van der Waals surface area (Å²) in [5.74, 6) is 0.00720. The van der Waals surface area contributed by atoms with Crippen LogP contribution in [0, 0.1) is 0 Å². The van der Waals surface area contributed by atoms with Crippen LogP contribution in [0.1, 0.15) is 18.9 Å². The van der Waals surface area contributed by atoms with Gasteiger partial charge in [-0.25, -0.2) is 8.42 Å². The lowest BCUT2D eigenvalue weighted by molar-refractivity contribution is -0.118. The van der Waals surface area contributed by atoms with Gasteiger partial charge in [0.15, 0.2) is 0 Å². The first-order valence-electron chi connectivity index (χ1n) is 9.95. The lowest BCUT2D eigenvalue weighted by atomic mass is 10.2. The largest absolute Gasteiger partial charge is 0.368 e. The average molecular weight is 513 g/mol. The van der Waals surface area contributed by atoms with Crippen LogP contribution >= 0.6 is 27.5 Å². The molecule has 1 amide bonds. The number of sulfonamides is 1. The monoisotopic (exact) mass is 511 g/mol. The highest BCUT2D eigenvalue weighted by Gasteiger charge is 2.33. The molecule has 0 aliphatic carbocycles. The first-order valence-corrected chi connectivity index (χ1v) is 12.6. The maximum Gasteiger partial charge on any atom is 0.244 e. The lowest BCUT2D eigenvalue weighted by Gasteiger charge is -2.36. The van der Waals surface area contributed by atoms with E-state index in [1.165, 1.54) is 4.31 Å². The Kier molecular flexibility index (Phi) is 6.12. The summed E-state index contributed by atoms with van der Waals surface area (Å²) >= 11 is 9.74. The predicted octanol–water partition coefficient (Wildman–Crippen LogP) is 3.91. The highest BCUT2D eigenvalue weighted by molar-refractivity contribution is 9.10. The molecule has 0 spiro atoms. The number of carbonyl (C=O) groups excluding carboxylic acids is 1. The van der Waals surface area contributed by atoms with E-state index in [1.54, 1.807) is 11.0 Å². The van der Waals surface area contributed by atoms with Crippen LogP contribution in [0.15, 0.2) is 45.8 Å². The number of anilines is 2. The van der Waals surface area contributed by atoms with Crippen LogP contribution in [0.2, 0.25) is 5.02 Å². The molecule has 30 heavy (non-hydrogen) atoms. The Morgan fingerprint density at radius 1 is 1.07 bits per heavy atom. The van der Waals surface area contributed by atoms with Crippen molar-refractivity contribution in [1.82, 2.24) is 4.31 Å². The number of halogens is 2. The fraction of sp³-hybridized carbons (Fsp3) is 0.381. The zero-order valence-electron chi connectivity index (χ0n) is 16.6. The molecular weight excluding hydrogens is 490 g/mol. The fourth-order valence-electron chi connectivity index (χ4n) is 4.05. The van der Waals surface area contributed by atoms with Gasteiger partial charge < -0.3 is 9.80 Å². The van der Waals surface area contributed by atoms with E-state index in [-0.39, 0.29) is 10.8 Å². The second-order valence-corrected chi connectivity index (χ2v) is 10.6. The summed E-state index contributed by atoms with van der Waals surface area (Å²) in [6.07, 6.45) is 1.12. The Morgan fingerprint density at radius 2 is 1.77 bits per heavy atom. The van der Waals surface area contributed by atoms with Gasteiger partial charge in [-0.15, -0.1) is 0 Å². The van der Waals surface area contributed by atoms with Gasteiger partial charge in [0.1, 0.15) is 0 Å². The topological polar surface area (TPSA) is 60.9 Å². The summed E-state index contributed by atoms with van der Waals surface area (Å²) in [7, 11) is -3.70. The number of hydrogen-bond acceptors (Lipinski definition) is 4. The smallest absolute Gasteiger partial charge is 0.244 e. The lowest BCUT2D eigenvalue weighted by Crippen LogP contribution is -2.48. The third kappa shape index (κ3) is 3.86. The van der Waals surface area contributed by atoms with E-state index in [9.17, 15) is 13.2 Å². The molecule has 0 atom stereocenters. The Bertz CT molecular complexity index is 1080. The van der Waals surface area contributed by atoms with Gasteiger partial charge in [-0.1, -0.05) is 30.7 Å². The van der Waals surface area contributed by atoms with Gasteiger partial charge in [0.05, 0.1) is 15.6 Å². The Balaban J connectivity index is 1.58.